The van der Waals surface area contributed by atoms with Gasteiger partial charge >= 0.3 is 0 Å². The van der Waals surface area contributed by atoms with E-state index in [2.05, 4.69) is 10.6 Å². The highest BCUT2D eigenvalue weighted by atomic mass is 32.1. The Morgan fingerprint density at radius 3 is 2.75 bits per heavy atom. The smallest absolute Gasteiger partial charge is 0.216 e. The maximum absolute atomic E-state index is 10.7. The van der Waals surface area contributed by atoms with Crippen LogP contribution in [0.3, 0.4) is 0 Å². The number of benzene rings is 1. The van der Waals surface area contributed by atoms with Gasteiger partial charge in [-0.3, -0.25) is 4.79 Å². The molecule has 2 unspecified atom stereocenters. The van der Waals surface area contributed by atoms with Gasteiger partial charge in [-0.25, -0.2) is 0 Å². The average Bonchev–Trinajstić information content (AvgIpc) is 2.36. The molecule has 0 bridgehead atoms. The maximum Gasteiger partial charge on any atom is 0.216 e. The first-order chi connectivity index (χ1) is 9.40. The Hall–Kier alpha value is -1.70. The topological polar surface area (TPSA) is 108 Å². The first kappa shape index (κ1) is 16.4. The summed E-state index contributed by atoms with van der Waals surface area (Å²) < 4.78 is 0. The van der Waals surface area contributed by atoms with Crippen molar-refractivity contribution < 1.29 is 15.0 Å². The number of thiocarbonyl (C=S) groups is 1. The third kappa shape index (κ3) is 5.52. The molecule has 1 aromatic rings. The van der Waals surface area contributed by atoms with E-state index in [-0.39, 0.29) is 17.4 Å². The van der Waals surface area contributed by atoms with Gasteiger partial charge in [0.15, 0.2) is 5.11 Å². The van der Waals surface area contributed by atoms with Gasteiger partial charge in [0.2, 0.25) is 5.91 Å². The number of anilines is 1. The molecule has 0 aromatic heterocycles. The second-order valence-electron chi connectivity index (χ2n) is 4.40. The standard InChI is InChI=1S/C13H19N3O3S/c1-8(17)15-6-5-11(18)12(19)9-3-2-4-10(7-9)16-13(14)20/h2-4,7,11-12,18-19H,5-6H2,1H3,(H,15,17)(H3,14,16,20). The van der Waals surface area contributed by atoms with Crippen LogP contribution in [0, 0.1) is 0 Å². The zero-order valence-electron chi connectivity index (χ0n) is 11.2. The highest BCUT2D eigenvalue weighted by Gasteiger charge is 2.18. The van der Waals surface area contributed by atoms with Crippen LogP contribution in [0.4, 0.5) is 5.69 Å². The summed E-state index contributed by atoms with van der Waals surface area (Å²) >= 11 is 4.73. The van der Waals surface area contributed by atoms with Crippen LogP contribution in [-0.2, 0) is 4.79 Å². The van der Waals surface area contributed by atoms with E-state index in [1.54, 1.807) is 24.3 Å². The molecule has 6 nitrogen and oxygen atoms in total. The van der Waals surface area contributed by atoms with Crippen LogP contribution >= 0.6 is 12.2 Å². The van der Waals surface area contributed by atoms with Gasteiger partial charge < -0.3 is 26.6 Å². The minimum Gasteiger partial charge on any atom is -0.390 e. The molecule has 0 saturated heterocycles. The number of amides is 1. The summed E-state index contributed by atoms with van der Waals surface area (Å²) in [4.78, 5) is 10.7. The predicted molar refractivity (Wildman–Crippen MR) is 81.1 cm³/mol. The number of nitrogens with two attached hydrogens (primary N) is 1. The number of nitrogens with one attached hydrogen (secondary N) is 2. The number of hydrogen-bond acceptors (Lipinski definition) is 4. The Labute approximate surface area is 123 Å². The zero-order chi connectivity index (χ0) is 15.1. The molecule has 1 aromatic carbocycles. The van der Waals surface area contributed by atoms with Crippen molar-refractivity contribution in [3.63, 3.8) is 0 Å². The number of aliphatic hydroxyl groups excluding tert-OH is 2. The Morgan fingerprint density at radius 2 is 2.15 bits per heavy atom. The van der Waals surface area contributed by atoms with Crippen LogP contribution in [0.2, 0.25) is 0 Å². The lowest BCUT2D eigenvalue weighted by molar-refractivity contribution is -0.119. The van der Waals surface area contributed by atoms with Crippen molar-refractivity contribution in [3.05, 3.63) is 29.8 Å². The first-order valence-corrected chi connectivity index (χ1v) is 6.58. The molecule has 6 N–H and O–H groups in total. The van der Waals surface area contributed by atoms with E-state index in [4.69, 9.17) is 18.0 Å². The van der Waals surface area contributed by atoms with E-state index in [1.165, 1.54) is 6.92 Å². The van der Waals surface area contributed by atoms with Crippen molar-refractivity contribution >= 4 is 28.9 Å². The van der Waals surface area contributed by atoms with Crippen molar-refractivity contribution in [3.8, 4) is 0 Å². The Balaban J connectivity index is 2.63. The van der Waals surface area contributed by atoms with Crippen LogP contribution in [0.1, 0.15) is 25.0 Å². The Morgan fingerprint density at radius 1 is 1.45 bits per heavy atom. The molecule has 0 spiro atoms. The summed E-state index contributed by atoms with van der Waals surface area (Å²) in [5.41, 5.74) is 6.56. The average molecular weight is 297 g/mol. The van der Waals surface area contributed by atoms with E-state index >= 15 is 0 Å². The van der Waals surface area contributed by atoms with E-state index in [9.17, 15) is 15.0 Å². The molecule has 0 aliphatic heterocycles. The van der Waals surface area contributed by atoms with Crippen LogP contribution in [0.15, 0.2) is 24.3 Å². The lowest BCUT2D eigenvalue weighted by Crippen LogP contribution is -2.27. The van der Waals surface area contributed by atoms with Crippen molar-refractivity contribution in [1.29, 1.82) is 0 Å². The highest BCUT2D eigenvalue weighted by Crippen LogP contribution is 2.21. The fourth-order valence-electron chi connectivity index (χ4n) is 1.72. The van der Waals surface area contributed by atoms with Crippen molar-refractivity contribution in [2.24, 2.45) is 5.73 Å². The molecule has 1 rings (SSSR count). The minimum atomic E-state index is -1.04. The van der Waals surface area contributed by atoms with Gasteiger partial charge in [-0.15, -0.1) is 0 Å². The molecule has 1 amide bonds. The number of carbonyl (C=O) groups is 1. The molecule has 0 saturated carbocycles. The second-order valence-corrected chi connectivity index (χ2v) is 4.84. The fourth-order valence-corrected chi connectivity index (χ4v) is 1.84. The molecule has 0 aliphatic rings. The summed E-state index contributed by atoms with van der Waals surface area (Å²) in [5.74, 6) is -0.172. The third-order valence-electron chi connectivity index (χ3n) is 2.67. The maximum atomic E-state index is 10.7. The summed E-state index contributed by atoms with van der Waals surface area (Å²) in [6.45, 7) is 1.70. The molecule has 20 heavy (non-hydrogen) atoms. The van der Waals surface area contributed by atoms with Gasteiger partial charge in [0, 0.05) is 19.2 Å². The van der Waals surface area contributed by atoms with Gasteiger partial charge in [0.25, 0.3) is 0 Å². The summed E-state index contributed by atoms with van der Waals surface area (Å²) in [6.07, 6.45) is -1.76. The van der Waals surface area contributed by atoms with E-state index in [1.807, 2.05) is 0 Å². The van der Waals surface area contributed by atoms with E-state index < -0.39 is 12.2 Å². The lowest BCUT2D eigenvalue weighted by Gasteiger charge is -2.19. The van der Waals surface area contributed by atoms with E-state index in [0.29, 0.717) is 17.8 Å². The molecule has 7 heteroatoms. The van der Waals surface area contributed by atoms with Crippen LogP contribution in [-0.4, -0.2) is 33.9 Å². The van der Waals surface area contributed by atoms with Gasteiger partial charge in [-0.2, -0.15) is 0 Å². The third-order valence-corrected chi connectivity index (χ3v) is 2.78. The fraction of sp³-hybridized carbons (Fsp3) is 0.385. The molecule has 0 fully saturated rings. The highest BCUT2D eigenvalue weighted by molar-refractivity contribution is 7.80. The minimum absolute atomic E-state index is 0.128. The van der Waals surface area contributed by atoms with Crippen molar-refractivity contribution in [2.75, 3.05) is 11.9 Å². The van der Waals surface area contributed by atoms with Crippen LogP contribution in [0.5, 0.6) is 0 Å². The first-order valence-electron chi connectivity index (χ1n) is 6.17. The molecule has 0 heterocycles. The summed E-state index contributed by atoms with van der Waals surface area (Å²) in [6, 6.07) is 6.82. The number of aliphatic hydroxyl groups is 2. The number of carbonyl (C=O) groups excluding carboxylic acids is 1. The quantitative estimate of drug-likeness (QED) is 0.482. The van der Waals surface area contributed by atoms with Crippen molar-refractivity contribution in [2.45, 2.75) is 25.6 Å². The molecule has 0 radical (unpaired) electrons. The van der Waals surface area contributed by atoms with Gasteiger partial charge in [0.05, 0.1) is 6.10 Å². The SMILES string of the molecule is CC(=O)NCCC(O)C(O)c1cccc(NC(N)=S)c1. The van der Waals surface area contributed by atoms with Gasteiger partial charge in [0.1, 0.15) is 6.10 Å². The second kappa shape index (κ2) is 7.78. The van der Waals surface area contributed by atoms with E-state index in [0.717, 1.165) is 0 Å². The number of rotatable bonds is 6. The van der Waals surface area contributed by atoms with Gasteiger partial charge in [-0.1, -0.05) is 12.1 Å². The molecule has 0 aliphatic carbocycles. The lowest BCUT2D eigenvalue weighted by atomic mass is 10.0. The van der Waals surface area contributed by atoms with Crippen LogP contribution in [0.25, 0.3) is 0 Å². The summed E-state index contributed by atoms with van der Waals surface area (Å²) in [5, 5.41) is 25.4. The van der Waals surface area contributed by atoms with Gasteiger partial charge in [-0.05, 0) is 36.3 Å². The molecule has 2 atom stereocenters. The monoisotopic (exact) mass is 297 g/mol. The largest absolute Gasteiger partial charge is 0.390 e. The normalized spacial score (nSPS) is 13.3. The zero-order valence-corrected chi connectivity index (χ0v) is 12.0. The Bertz CT molecular complexity index is 482. The molecular weight excluding hydrogens is 278 g/mol. The summed E-state index contributed by atoms with van der Waals surface area (Å²) in [7, 11) is 0. The Kier molecular flexibility index (Phi) is 6.37. The number of hydrogen-bond donors (Lipinski definition) is 5. The van der Waals surface area contributed by atoms with Crippen molar-refractivity contribution in [1.82, 2.24) is 5.32 Å². The molecular formula is C13H19N3O3S. The molecule has 110 valence electrons. The predicted octanol–water partition coefficient (Wildman–Crippen LogP) is 0.263. The van der Waals surface area contributed by atoms with Crippen LogP contribution < -0.4 is 16.4 Å².